The Hall–Kier alpha value is -0.620. The lowest BCUT2D eigenvalue weighted by molar-refractivity contribution is -0.151. The second kappa shape index (κ2) is 6.02. The minimum absolute atomic E-state index is 0.0495. The summed E-state index contributed by atoms with van der Waals surface area (Å²) in [4.78, 5) is 11.6. The van der Waals surface area contributed by atoms with Gasteiger partial charge in [0, 0.05) is 6.54 Å². The minimum Gasteiger partial charge on any atom is -0.481 e. The molecule has 0 heterocycles. The maximum absolute atomic E-state index is 12.2. The van der Waals surface area contributed by atoms with E-state index < -0.39 is 21.4 Å². The Morgan fingerprint density at radius 2 is 1.75 bits per heavy atom. The maximum atomic E-state index is 12.2. The molecule has 2 N–H and O–H groups in total. The largest absolute Gasteiger partial charge is 0.481 e. The molecule has 6 heteroatoms. The van der Waals surface area contributed by atoms with Crippen molar-refractivity contribution in [2.24, 2.45) is 11.3 Å². The zero-order chi connectivity index (χ0) is 14.8. The van der Waals surface area contributed by atoms with Gasteiger partial charge in [-0.2, -0.15) is 0 Å². The maximum Gasteiger partial charge on any atom is 0.310 e. The summed E-state index contributed by atoms with van der Waals surface area (Å²) in [5.74, 6) is -0.326. The SMILES string of the molecule is CC1CCC(CNS(=O)(=O)C2CCCC2)(C(=O)O)CC1. The smallest absolute Gasteiger partial charge is 0.310 e. The lowest BCUT2D eigenvalue weighted by Crippen LogP contribution is -2.46. The molecule has 0 aliphatic heterocycles. The van der Waals surface area contributed by atoms with Crippen LogP contribution in [0.1, 0.15) is 58.3 Å². The fourth-order valence-corrected chi connectivity index (χ4v) is 5.00. The third kappa shape index (κ3) is 3.34. The molecule has 0 bridgehead atoms. The molecule has 20 heavy (non-hydrogen) atoms. The molecule has 0 atom stereocenters. The summed E-state index contributed by atoms with van der Waals surface area (Å²) < 4.78 is 27.0. The van der Waals surface area contributed by atoms with Gasteiger partial charge in [0.15, 0.2) is 0 Å². The van der Waals surface area contributed by atoms with E-state index in [9.17, 15) is 18.3 Å². The number of aliphatic carboxylic acids is 1. The van der Waals surface area contributed by atoms with Gasteiger partial charge in [-0.05, 0) is 44.4 Å². The third-order valence-corrected chi connectivity index (χ3v) is 6.93. The van der Waals surface area contributed by atoms with Crippen molar-refractivity contribution in [1.29, 1.82) is 0 Å². The first-order valence-electron chi connectivity index (χ1n) is 7.58. The van der Waals surface area contributed by atoms with Gasteiger partial charge in [0.1, 0.15) is 0 Å². The summed E-state index contributed by atoms with van der Waals surface area (Å²) >= 11 is 0. The zero-order valence-electron chi connectivity index (χ0n) is 12.1. The van der Waals surface area contributed by atoms with Crippen LogP contribution in [0.5, 0.6) is 0 Å². The summed E-state index contributed by atoms with van der Waals surface area (Å²) in [6.45, 7) is 2.17. The second-order valence-electron chi connectivity index (χ2n) is 6.54. The van der Waals surface area contributed by atoms with Gasteiger partial charge in [-0.3, -0.25) is 4.79 Å². The number of sulfonamides is 1. The van der Waals surface area contributed by atoms with E-state index in [4.69, 9.17) is 0 Å². The predicted molar refractivity (Wildman–Crippen MR) is 76.9 cm³/mol. The van der Waals surface area contributed by atoms with Gasteiger partial charge >= 0.3 is 5.97 Å². The first-order chi connectivity index (χ1) is 9.36. The number of rotatable bonds is 5. The average Bonchev–Trinajstić information content (AvgIpc) is 2.93. The lowest BCUT2D eigenvalue weighted by Gasteiger charge is -2.36. The second-order valence-corrected chi connectivity index (χ2v) is 8.59. The van der Waals surface area contributed by atoms with E-state index in [1.54, 1.807) is 0 Å². The van der Waals surface area contributed by atoms with Crippen molar-refractivity contribution in [2.75, 3.05) is 6.54 Å². The molecule has 0 radical (unpaired) electrons. The molecular formula is C14H25NO4S. The van der Waals surface area contributed by atoms with Crippen LogP contribution in [0.4, 0.5) is 0 Å². The van der Waals surface area contributed by atoms with E-state index in [0.29, 0.717) is 31.6 Å². The highest BCUT2D eigenvalue weighted by Crippen LogP contribution is 2.39. The van der Waals surface area contributed by atoms with Crippen molar-refractivity contribution >= 4 is 16.0 Å². The van der Waals surface area contributed by atoms with E-state index in [-0.39, 0.29) is 11.8 Å². The van der Waals surface area contributed by atoms with E-state index >= 15 is 0 Å². The lowest BCUT2D eigenvalue weighted by atomic mass is 9.71. The highest BCUT2D eigenvalue weighted by molar-refractivity contribution is 7.90. The predicted octanol–water partition coefficient (Wildman–Crippen LogP) is 2.13. The van der Waals surface area contributed by atoms with Gasteiger partial charge in [-0.15, -0.1) is 0 Å². The first kappa shape index (κ1) is 15.8. The third-order valence-electron chi connectivity index (χ3n) is 5.04. The van der Waals surface area contributed by atoms with Crippen LogP contribution in [-0.4, -0.2) is 31.3 Å². The molecule has 0 aromatic heterocycles. The standard InChI is InChI=1S/C14H25NO4S/c1-11-6-8-14(9-7-11,13(16)17)10-15-20(18,19)12-4-2-3-5-12/h11-12,15H,2-10H2,1H3,(H,16,17). The van der Waals surface area contributed by atoms with Crippen LogP contribution in [0.2, 0.25) is 0 Å². The topological polar surface area (TPSA) is 83.5 Å². The molecule has 2 aliphatic carbocycles. The molecule has 2 saturated carbocycles. The van der Waals surface area contributed by atoms with Crippen molar-refractivity contribution in [2.45, 2.75) is 63.5 Å². The van der Waals surface area contributed by atoms with Crippen LogP contribution >= 0.6 is 0 Å². The molecule has 0 aromatic rings. The molecule has 116 valence electrons. The van der Waals surface area contributed by atoms with E-state index in [1.807, 2.05) is 0 Å². The molecule has 0 unspecified atom stereocenters. The highest BCUT2D eigenvalue weighted by atomic mass is 32.2. The molecule has 0 spiro atoms. The van der Waals surface area contributed by atoms with Crippen LogP contribution in [0.25, 0.3) is 0 Å². The fraction of sp³-hybridized carbons (Fsp3) is 0.929. The van der Waals surface area contributed by atoms with Crippen molar-refractivity contribution in [3.8, 4) is 0 Å². The van der Waals surface area contributed by atoms with Crippen molar-refractivity contribution in [3.63, 3.8) is 0 Å². The van der Waals surface area contributed by atoms with Crippen molar-refractivity contribution in [3.05, 3.63) is 0 Å². The summed E-state index contributed by atoms with van der Waals surface area (Å²) in [5, 5.41) is 9.18. The molecule has 2 rings (SSSR count). The molecule has 0 saturated heterocycles. The van der Waals surface area contributed by atoms with Crippen LogP contribution < -0.4 is 4.72 Å². The van der Waals surface area contributed by atoms with Gasteiger partial charge in [-0.25, -0.2) is 13.1 Å². The number of hydrogen-bond acceptors (Lipinski definition) is 3. The number of carboxylic acid groups (broad SMARTS) is 1. The number of nitrogens with one attached hydrogen (secondary N) is 1. The van der Waals surface area contributed by atoms with Gasteiger partial charge in [0.2, 0.25) is 10.0 Å². The van der Waals surface area contributed by atoms with E-state index in [0.717, 1.165) is 25.7 Å². The van der Waals surface area contributed by atoms with Crippen LogP contribution in [0.15, 0.2) is 0 Å². The monoisotopic (exact) mass is 303 g/mol. The van der Waals surface area contributed by atoms with Gasteiger partial charge in [0.05, 0.1) is 10.7 Å². The fourth-order valence-electron chi connectivity index (χ4n) is 3.34. The van der Waals surface area contributed by atoms with Gasteiger partial charge in [-0.1, -0.05) is 19.8 Å². The summed E-state index contributed by atoms with van der Waals surface area (Å²) in [6, 6.07) is 0. The molecule has 0 amide bonds. The van der Waals surface area contributed by atoms with Crippen LogP contribution in [-0.2, 0) is 14.8 Å². The Labute approximate surface area is 121 Å². The minimum atomic E-state index is -3.36. The number of hydrogen-bond donors (Lipinski definition) is 2. The Balaban J connectivity index is 2.00. The Kier molecular flexibility index (Phi) is 4.74. The molecule has 0 aromatic carbocycles. The molecule has 2 aliphatic rings. The zero-order valence-corrected chi connectivity index (χ0v) is 12.9. The Bertz CT molecular complexity index is 446. The summed E-state index contributed by atoms with van der Waals surface area (Å²) in [6.07, 6.45) is 6.15. The van der Waals surface area contributed by atoms with E-state index in [1.165, 1.54) is 0 Å². The molecular weight excluding hydrogens is 278 g/mol. The quantitative estimate of drug-likeness (QED) is 0.815. The van der Waals surface area contributed by atoms with Crippen LogP contribution in [0.3, 0.4) is 0 Å². The molecule has 2 fully saturated rings. The van der Waals surface area contributed by atoms with Gasteiger partial charge < -0.3 is 5.11 Å². The Morgan fingerprint density at radius 1 is 1.20 bits per heavy atom. The normalized spacial score (nSPS) is 32.4. The van der Waals surface area contributed by atoms with Crippen LogP contribution in [0, 0.1) is 11.3 Å². The summed E-state index contributed by atoms with van der Waals surface area (Å²) in [7, 11) is -3.36. The Morgan fingerprint density at radius 3 is 2.25 bits per heavy atom. The van der Waals surface area contributed by atoms with Crippen molar-refractivity contribution in [1.82, 2.24) is 4.72 Å². The van der Waals surface area contributed by atoms with E-state index in [2.05, 4.69) is 11.6 Å². The highest BCUT2D eigenvalue weighted by Gasteiger charge is 2.42. The van der Waals surface area contributed by atoms with Crippen molar-refractivity contribution < 1.29 is 18.3 Å². The number of carbonyl (C=O) groups is 1. The first-order valence-corrected chi connectivity index (χ1v) is 9.12. The van der Waals surface area contributed by atoms with Gasteiger partial charge in [0.25, 0.3) is 0 Å². The molecule has 5 nitrogen and oxygen atoms in total. The number of carboxylic acids is 1. The average molecular weight is 303 g/mol. The summed E-state index contributed by atoms with van der Waals surface area (Å²) in [5.41, 5.74) is -0.905.